The summed E-state index contributed by atoms with van der Waals surface area (Å²) >= 11 is 0. The third kappa shape index (κ3) is 3.63. The number of carbonyl (C=O) groups is 2. The zero-order valence-corrected chi connectivity index (χ0v) is 16.0. The molecule has 2 aliphatic heterocycles. The van der Waals surface area contributed by atoms with E-state index in [4.69, 9.17) is 4.74 Å². The Hall–Kier alpha value is -3.14. The fraction of sp³-hybridized carbons (Fsp3) is 0.421. The first kappa shape index (κ1) is 19.2. The molecule has 2 saturated heterocycles. The number of halogens is 1. The maximum atomic E-state index is 14.7. The van der Waals surface area contributed by atoms with E-state index >= 15 is 0 Å². The number of benzene rings is 1. The highest BCUT2D eigenvalue weighted by molar-refractivity contribution is 5.89. The molecule has 3 heterocycles. The third-order valence-corrected chi connectivity index (χ3v) is 5.51. The molecule has 29 heavy (non-hydrogen) atoms. The maximum absolute atomic E-state index is 14.7. The quantitative estimate of drug-likeness (QED) is 0.643. The minimum absolute atomic E-state index is 0.0139. The monoisotopic (exact) mass is 402 g/mol. The molecule has 2 aliphatic rings. The second kappa shape index (κ2) is 7.70. The lowest BCUT2D eigenvalue weighted by Crippen LogP contribution is -2.61. The number of cyclic esters (lactones) is 1. The number of amides is 2. The molecule has 3 N–H and O–H groups in total. The molecule has 2 amide bonds. The highest BCUT2D eigenvalue weighted by atomic mass is 19.1. The van der Waals surface area contributed by atoms with E-state index in [9.17, 15) is 14.0 Å². The van der Waals surface area contributed by atoms with E-state index in [1.165, 1.54) is 4.90 Å². The number of H-pyrrole nitrogens is 1. The van der Waals surface area contributed by atoms with Crippen LogP contribution in [0.25, 0.3) is 0 Å². The molecule has 1 aromatic carbocycles. The molecule has 9 nitrogen and oxygen atoms in total. The number of aromatic amines is 1. The number of hydrogen-bond acceptors (Lipinski definition) is 6. The zero-order chi connectivity index (χ0) is 20.4. The van der Waals surface area contributed by atoms with Crippen molar-refractivity contribution in [1.29, 1.82) is 0 Å². The molecule has 0 radical (unpaired) electrons. The van der Waals surface area contributed by atoms with E-state index in [-0.39, 0.29) is 19.0 Å². The second-order valence-corrected chi connectivity index (χ2v) is 7.27. The SMILES string of the molecule is CC(C(=O)NN1CCN(c2ncc[nH]2)C(F)C1)(c1ccccc1)C1CNC(=O)O1. The minimum Gasteiger partial charge on any atom is -0.443 e. The molecule has 10 heteroatoms. The molecule has 3 atom stereocenters. The lowest BCUT2D eigenvalue weighted by atomic mass is 9.76. The number of piperazine rings is 1. The van der Waals surface area contributed by atoms with Gasteiger partial charge in [-0.1, -0.05) is 30.3 Å². The van der Waals surface area contributed by atoms with Gasteiger partial charge >= 0.3 is 6.09 Å². The van der Waals surface area contributed by atoms with Gasteiger partial charge in [0, 0.05) is 25.5 Å². The van der Waals surface area contributed by atoms with Gasteiger partial charge in [-0.2, -0.15) is 0 Å². The van der Waals surface area contributed by atoms with Gasteiger partial charge in [-0.3, -0.25) is 10.2 Å². The van der Waals surface area contributed by atoms with Gasteiger partial charge in [0.1, 0.15) is 11.5 Å². The normalized spacial score (nSPS) is 24.5. The Bertz CT molecular complexity index is 864. The first-order chi connectivity index (χ1) is 14.0. The topological polar surface area (TPSA) is 103 Å². The van der Waals surface area contributed by atoms with Gasteiger partial charge in [-0.15, -0.1) is 0 Å². The second-order valence-electron chi connectivity index (χ2n) is 7.27. The highest BCUT2D eigenvalue weighted by Crippen LogP contribution is 2.32. The summed E-state index contributed by atoms with van der Waals surface area (Å²) in [5, 5.41) is 4.15. The van der Waals surface area contributed by atoms with E-state index < -0.39 is 23.9 Å². The number of ether oxygens (including phenoxy) is 1. The Labute approximate surface area is 167 Å². The molecular weight excluding hydrogens is 379 g/mol. The smallest absolute Gasteiger partial charge is 0.407 e. The predicted molar refractivity (Wildman–Crippen MR) is 103 cm³/mol. The lowest BCUT2D eigenvalue weighted by molar-refractivity contribution is -0.135. The fourth-order valence-corrected chi connectivity index (χ4v) is 3.71. The van der Waals surface area contributed by atoms with E-state index in [1.807, 2.05) is 30.3 Å². The summed E-state index contributed by atoms with van der Waals surface area (Å²) in [6.07, 6.45) is 0.643. The van der Waals surface area contributed by atoms with Crippen molar-refractivity contribution in [3.05, 3.63) is 48.3 Å². The number of alkyl carbamates (subject to hydrolysis) is 1. The van der Waals surface area contributed by atoms with Crippen LogP contribution in [0.15, 0.2) is 42.7 Å². The van der Waals surface area contributed by atoms with Gasteiger partial charge < -0.3 is 19.9 Å². The molecule has 0 bridgehead atoms. The van der Waals surface area contributed by atoms with E-state index in [2.05, 4.69) is 20.7 Å². The molecule has 3 unspecified atom stereocenters. The Morgan fingerprint density at radius 3 is 2.76 bits per heavy atom. The predicted octanol–water partition coefficient (Wildman–Crippen LogP) is 0.925. The standard InChI is InChI=1S/C19H23FN6O3/c1-19(13-5-3-2-4-6-13,14-11-23-18(28)29-14)16(27)24-25-9-10-26(15(20)12-25)17-21-7-8-22-17/h2-8,14-15H,9-12H2,1H3,(H,21,22)(H,23,28)(H,24,27). The molecule has 154 valence electrons. The lowest BCUT2D eigenvalue weighted by Gasteiger charge is -2.40. The van der Waals surface area contributed by atoms with Crippen LogP contribution in [0.4, 0.5) is 15.1 Å². The van der Waals surface area contributed by atoms with Crippen molar-refractivity contribution < 1.29 is 18.7 Å². The first-order valence-corrected chi connectivity index (χ1v) is 9.44. The average molecular weight is 402 g/mol. The number of nitrogens with zero attached hydrogens (tertiary/aromatic N) is 3. The van der Waals surface area contributed by atoms with Crippen molar-refractivity contribution in [3.63, 3.8) is 0 Å². The number of alkyl halides is 1. The van der Waals surface area contributed by atoms with Gasteiger partial charge in [0.2, 0.25) is 11.9 Å². The van der Waals surface area contributed by atoms with Crippen molar-refractivity contribution in [2.24, 2.45) is 0 Å². The van der Waals surface area contributed by atoms with Crippen LogP contribution in [0.3, 0.4) is 0 Å². The van der Waals surface area contributed by atoms with Crippen LogP contribution in [0.2, 0.25) is 0 Å². The van der Waals surface area contributed by atoms with Crippen LogP contribution < -0.4 is 15.6 Å². The summed E-state index contributed by atoms with van der Waals surface area (Å²) in [6.45, 7) is 2.71. The third-order valence-electron chi connectivity index (χ3n) is 5.51. The highest BCUT2D eigenvalue weighted by Gasteiger charge is 2.48. The fourth-order valence-electron chi connectivity index (χ4n) is 3.71. The van der Waals surface area contributed by atoms with Crippen LogP contribution >= 0.6 is 0 Å². The number of anilines is 1. The zero-order valence-electron chi connectivity index (χ0n) is 16.0. The van der Waals surface area contributed by atoms with Gasteiger partial charge in [0.15, 0.2) is 6.30 Å². The number of carbonyl (C=O) groups excluding carboxylic acids is 2. The summed E-state index contributed by atoms with van der Waals surface area (Å²) in [5.41, 5.74) is 2.40. The molecule has 2 aromatic rings. The molecule has 0 aliphatic carbocycles. The van der Waals surface area contributed by atoms with Crippen molar-refractivity contribution in [3.8, 4) is 0 Å². The van der Waals surface area contributed by atoms with Crippen molar-refractivity contribution in [2.45, 2.75) is 24.7 Å². The van der Waals surface area contributed by atoms with Gasteiger partial charge in [0.25, 0.3) is 0 Å². The summed E-state index contributed by atoms with van der Waals surface area (Å²) in [4.78, 5) is 33.4. The molecule has 1 aromatic heterocycles. The summed E-state index contributed by atoms with van der Waals surface area (Å²) in [5.74, 6) is 0.102. The molecule has 0 saturated carbocycles. The van der Waals surface area contributed by atoms with E-state index in [1.54, 1.807) is 24.3 Å². The largest absolute Gasteiger partial charge is 0.443 e. The minimum atomic E-state index is -1.33. The average Bonchev–Trinajstić information content (AvgIpc) is 3.40. The van der Waals surface area contributed by atoms with E-state index in [0.29, 0.717) is 24.6 Å². The van der Waals surface area contributed by atoms with Crippen LogP contribution in [-0.2, 0) is 14.9 Å². The Balaban J connectivity index is 1.49. The number of imidazole rings is 1. The molecule has 4 rings (SSSR count). The Morgan fingerprint density at radius 2 is 2.14 bits per heavy atom. The number of hydrogen-bond donors (Lipinski definition) is 3. The number of rotatable bonds is 5. The Kier molecular flexibility index (Phi) is 5.10. The Morgan fingerprint density at radius 1 is 1.34 bits per heavy atom. The van der Waals surface area contributed by atoms with Gasteiger partial charge in [-0.05, 0) is 12.5 Å². The maximum Gasteiger partial charge on any atom is 0.407 e. The summed E-state index contributed by atoms with van der Waals surface area (Å²) < 4.78 is 20.0. The number of hydrazine groups is 1. The van der Waals surface area contributed by atoms with Crippen molar-refractivity contribution in [1.82, 2.24) is 25.7 Å². The number of aromatic nitrogens is 2. The first-order valence-electron chi connectivity index (χ1n) is 9.44. The van der Waals surface area contributed by atoms with Crippen LogP contribution in [0.5, 0.6) is 0 Å². The van der Waals surface area contributed by atoms with Crippen LogP contribution in [0.1, 0.15) is 12.5 Å². The van der Waals surface area contributed by atoms with Crippen molar-refractivity contribution in [2.75, 3.05) is 31.1 Å². The molecule has 2 fully saturated rings. The van der Waals surface area contributed by atoms with Crippen LogP contribution in [-0.4, -0.2) is 65.6 Å². The molecular formula is C19H23FN6O3. The summed E-state index contributed by atoms with van der Waals surface area (Å²) in [7, 11) is 0. The van der Waals surface area contributed by atoms with Gasteiger partial charge in [-0.25, -0.2) is 19.2 Å². The summed E-state index contributed by atoms with van der Waals surface area (Å²) in [6, 6.07) is 9.13. The van der Waals surface area contributed by atoms with Gasteiger partial charge in [0.05, 0.1) is 13.1 Å². The van der Waals surface area contributed by atoms with E-state index in [0.717, 1.165) is 0 Å². The molecule has 0 spiro atoms. The van der Waals surface area contributed by atoms with Crippen molar-refractivity contribution >= 4 is 17.9 Å². The number of nitrogens with one attached hydrogen (secondary N) is 3. The van der Waals surface area contributed by atoms with Crippen LogP contribution in [0, 0.1) is 0 Å².